The zero-order chi connectivity index (χ0) is 15.0. The summed E-state index contributed by atoms with van der Waals surface area (Å²) in [6.07, 6.45) is 0. The molecule has 2 rings (SSSR count). The van der Waals surface area contributed by atoms with E-state index in [1.807, 2.05) is 51.1 Å². The van der Waals surface area contributed by atoms with Crippen LogP contribution >= 0.6 is 11.3 Å². The second kappa shape index (κ2) is 5.19. The van der Waals surface area contributed by atoms with Crippen LogP contribution in [0.5, 0.6) is 0 Å². The molecular weight excluding hydrogens is 270 g/mol. The number of carbonyl (C=O) groups is 1. The second-order valence-electron chi connectivity index (χ2n) is 6.36. The Labute approximate surface area is 123 Å². The van der Waals surface area contributed by atoms with Gasteiger partial charge < -0.3 is 10.4 Å². The fourth-order valence-corrected chi connectivity index (χ4v) is 2.96. The van der Waals surface area contributed by atoms with Crippen LogP contribution in [0.2, 0.25) is 0 Å². The van der Waals surface area contributed by atoms with Crippen LogP contribution in [0.25, 0.3) is 10.1 Å². The van der Waals surface area contributed by atoms with Gasteiger partial charge in [-0.15, -0.1) is 11.3 Å². The van der Waals surface area contributed by atoms with Crippen molar-refractivity contribution in [1.29, 1.82) is 0 Å². The van der Waals surface area contributed by atoms with E-state index >= 15 is 0 Å². The van der Waals surface area contributed by atoms with Gasteiger partial charge in [-0.25, -0.2) is 0 Å². The Morgan fingerprint density at radius 2 is 1.90 bits per heavy atom. The molecule has 3 nitrogen and oxygen atoms in total. The van der Waals surface area contributed by atoms with E-state index in [1.165, 1.54) is 0 Å². The maximum absolute atomic E-state index is 11.9. The van der Waals surface area contributed by atoms with Crippen LogP contribution in [0.15, 0.2) is 30.3 Å². The predicted octanol–water partition coefficient (Wildman–Crippen LogP) is 3.27. The largest absolute Gasteiger partial charge is 0.383 e. The van der Waals surface area contributed by atoms with Gasteiger partial charge in [0.15, 0.2) is 0 Å². The van der Waals surface area contributed by atoms with Gasteiger partial charge in [-0.05, 0) is 24.4 Å². The number of carbonyl (C=O) groups excluding carboxylic acids is 1. The average Bonchev–Trinajstić information content (AvgIpc) is 2.79. The van der Waals surface area contributed by atoms with Crippen molar-refractivity contribution >= 4 is 27.3 Å². The van der Waals surface area contributed by atoms with E-state index < -0.39 is 11.0 Å². The molecule has 1 heterocycles. The number of benzene rings is 1. The molecule has 20 heavy (non-hydrogen) atoms. The van der Waals surface area contributed by atoms with Crippen LogP contribution in [0.4, 0.5) is 0 Å². The maximum Gasteiger partial charge on any atom is 0.225 e. The first kappa shape index (κ1) is 15.0. The standard InChI is InChI=1S/C16H21NO2S/c1-15(2,3)14(18)17-10-16(4,19)13-9-11-7-5-6-8-12(11)20-13/h5-9,19H,10H2,1-4H3,(H,17,18)/t16-/m0/s1. The van der Waals surface area contributed by atoms with Gasteiger partial charge in [0.1, 0.15) is 5.60 Å². The molecule has 0 saturated heterocycles. The third-order valence-electron chi connectivity index (χ3n) is 3.23. The molecule has 0 aliphatic rings. The molecule has 1 atom stereocenters. The number of hydrogen-bond donors (Lipinski definition) is 2. The highest BCUT2D eigenvalue weighted by Gasteiger charge is 2.28. The monoisotopic (exact) mass is 291 g/mol. The first-order valence-electron chi connectivity index (χ1n) is 6.70. The minimum Gasteiger partial charge on any atom is -0.383 e. The Bertz CT molecular complexity index is 590. The summed E-state index contributed by atoms with van der Waals surface area (Å²) < 4.78 is 1.14. The minimum absolute atomic E-state index is 0.0566. The lowest BCUT2D eigenvalue weighted by Crippen LogP contribution is -2.42. The van der Waals surface area contributed by atoms with Crippen LogP contribution in [0.1, 0.15) is 32.6 Å². The van der Waals surface area contributed by atoms with Crippen LogP contribution in [0, 0.1) is 5.41 Å². The molecule has 0 unspecified atom stereocenters. The van der Waals surface area contributed by atoms with E-state index in [1.54, 1.807) is 18.3 Å². The van der Waals surface area contributed by atoms with Gasteiger partial charge in [-0.1, -0.05) is 39.0 Å². The highest BCUT2D eigenvalue weighted by molar-refractivity contribution is 7.19. The van der Waals surface area contributed by atoms with Crippen molar-refractivity contribution in [3.63, 3.8) is 0 Å². The second-order valence-corrected chi connectivity index (χ2v) is 7.44. The van der Waals surface area contributed by atoms with Crippen molar-refractivity contribution in [2.24, 2.45) is 5.41 Å². The van der Waals surface area contributed by atoms with E-state index in [9.17, 15) is 9.90 Å². The molecular formula is C16H21NO2S. The zero-order valence-electron chi connectivity index (χ0n) is 12.4. The zero-order valence-corrected chi connectivity index (χ0v) is 13.2. The predicted molar refractivity (Wildman–Crippen MR) is 83.9 cm³/mol. The molecule has 2 aromatic rings. The average molecular weight is 291 g/mol. The van der Waals surface area contributed by atoms with Crippen molar-refractivity contribution in [2.75, 3.05) is 6.54 Å². The first-order valence-corrected chi connectivity index (χ1v) is 7.51. The summed E-state index contributed by atoms with van der Waals surface area (Å²) in [6.45, 7) is 7.53. The normalized spacial score (nSPS) is 15.1. The van der Waals surface area contributed by atoms with Crippen molar-refractivity contribution < 1.29 is 9.90 Å². The van der Waals surface area contributed by atoms with Gasteiger partial charge in [0.25, 0.3) is 0 Å². The molecule has 0 aliphatic heterocycles. The van der Waals surface area contributed by atoms with E-state index in [2.05, 4.69) is 5.32 Å². The SMILES string of the molecule is CC(C)(C)C(=O)NC[C@](C)(O)c1cc2ccccc2s1. The molecule has 108 valence electrons. The summed E-state index contributed by atoms with van der Waals surface area (Å²) >= 11 is 1.56. The van der Waals surface area contributed by atoms with E-state index in [0.717, 1.165) is 15.0 Å². The molecule has 0 bridgehead atoms. The molecule has 0 saturated carbocycles. The maximum atomic E-state index is 11.9. The van der Waals surface area contributed by atoms with Gasteiger partial charge in [0.05, 0.1) is 6.54 Å². The Kier molecular flexibility index (Phi) is 3.89. The number of aliphatic hydroxyl groups is 1. The Morgan fingerprint density at radius 1 is 1.25 bits per heavy atom. The number of nitrogens with one attached hydrogen (secondary N) is 1. The number of rotatable bonds is 3. The number of amides is 1. The molecule has 4 heteroatoms. The van der Waals surface area contributed by atoms with Gasteiger partial charge >= 0.3 is 0 Å². The van der Waals surface area contributed by atoms with Crippen LogP contribution in [0.3, 0.4) is 0 Å². The fourth-order valence-electron chi connectivity index (χ4n) is 1.85. The van der Waals surface area contributed by atoms with Gasteiger partial charge in [0.2, 0.25) is 5.91 Å². The molecule has 0 radical (unpaired) electrons. The third-order valence-corrected chi connectivity index (χ3v) is 4.60. The first-order chi connectivity index (χ1) is 9.20. The Morgan fingerprint density at radius 3 is 2.50 bits per heavy atom. The highest BCUT2D eigenvalue weighted by atomic mass is 32.1. The smallest absolute Gasteiger partial charge is 0.225 e. The molecule has 1 amide bonds. The molecule has 0 aliphatic carbocycles. The van der Waals surface area contributed by atoms with Crippen molar-refractivity contribution in [3.8, 4) is 0 Å². The van der Waals surface area contributed by atoms with Crippen molar-refractivity contribution in [3.05, 3.63) is 35.2 Å². The van der Waals surface area contributed by atoms with Crippen LogP contribution in [-0.4, -0.2) is 17.6 Å². The lowest BCUT2D eigenvalue weighted by Gasteiger charge is -2.25. The van der Waals surface area contributed by atoms with E-state index in [-0.39, 0.29) is 12.5 Å². The topological polar surface area (TPSA) is 49.3 Å². The van der Waals surface area contributed by atoms with Gasteiger partial charge in [-0.2, -0.15) is 0 Å². The van der Waals surface area contributed by atoms with Crippen molar-refractivity contribution in [2.45, 2.75) is 33.3 Å². The summed E-state index contributed by atoms with van der Waals surface area (Å²) in [6, 6.07) is 10.0. The molecule has 1 aromatic heterocycles. The lowest BCUT2D eigenvalue weighted by atomic mass is 9.95. The van der Waals surface area contributed by atoms with Gasteiger partial charge in [-0.3, -0.25) is 4.79 Å². The molecule has 1 aromatic carbocycles. The number of thiophene rings is 1. The minimum atomic E-state index is -1.05. The van der Waals surface area contributed by atoms with Gasteiger partial charge in [0, 0.05) is 15.0 Å². The third kappa shape index (κ3) is 3.19. The van der Waals surface area contributed by atoms with E-state index in [0.29, 0.717) is 0 Å². The van der Waals surface area contributed by atoms with E-state index in [4.69, 9.17) is 0 Å². The fraction of sp³-hybridized carbons (Fsp3) is 0.438. The van der Waals surface area contributed by atoms with Crippen LogP contribution < -0.4 is 5.32 Å². The summed E-state index contributed by atoms with van der Waals surface area (Å²) in [5.74, 6) is -0.0566. The quantitative estimate of drug-likeness (QED) is 0.912. The summed E-state index contributed by atoms with van der Waals surface area (Å²) in [5, 5.41) is 14.5. The number of hydrogen-bond acceptors (Lipinski definition) is 3. The molecule has 0 fully saturated rings. The Balaban J connectivity index is 2.15. The lowest BCUT2D eigenvalue weighted by molar-refractivity contribution is -0.129. The molecule has 0 spiro atoms. The van der Waals surface area contributed by atoms with Crippen molar-refractivity contribution in [1.82, 2.24) is 5.32 Å². The van der Waals surface area contributed by atoms with Crippen LogP contribution in [-0.2, 0) is 10.4 Å². The summed E-state index contributed by atoms with van der Waals surface area (Å²) in [7, 11) is 0. The summed E-state index contributed by atoms with van der Waals surface area (Å²) in [5.41, 5.74) is -1.50. The number of fused-ring (bicyclic) bond motifs is 1. The molecule has 2 N–H and O–H groups in total. The Hall–Kier alpha value is -1.39. The summed E-state index contributed by atoms with van der Waals surface area (Å²) in [4.78, 5) is 12.8. The highest BCUT2D eigenvalue weighted by Crippen LogP contribution is 2.32.